The Kier molecular flexibility index (Phi) is 8.38. The Morgan fingerprint density at radius 1 is 1.27 bits per heavy atom. The summed E-state index contributed by atoms with van der Waals surface area (Å²) in [7, 11) is 4.33. The molecule has 2 aliphatic rings. The number of nitrogens with one attached hydrogen (secondary N) is 2. The maximum atomic E-state index is 5.57. The van der Waals surface area contributed by atoms with E-state index in [1.54, 1.807) is 0 Å². The van der Waals surface area contributed by atoms with Gasteiger partial charge < -0.3 is 20.3 Å². The number of nitrogens with zero attached hydrogens (tertiary/aromatic N) is 3. The highest BCUT2D eigenvalue weighted by Gasteiger charge is 2.34. The van der Waals surface area contributed by atoms with E-state index >= 15 is 0 Å². The monoisotopic (exact) mass is 365 g/mol. The SMILES string of the molecule is C=C(C)CN1CCC(NC(=NCC2(N(C)C)CCOCC2)NCC)CC1. The van der Waals surface area contributed by atoms with Gasteiger partial charge in [-0.2, -0.15) is 0 Å². The van der Waals surface area contributed by atoms with Gasteiger partial charge in [-0.1, -0.05) is 12.2 Å². The molecule has 2 rings (SSSR count). The van der Waals surface area contributed by atoms with Crippen molar-refractivity contribution in [3.63, 3.8) is 0 Å². The quantitative estimate of drug-likeness (QED) is 0.409. The first-order chi connectivity index (χ1) is 12.4. The van der Waals surface area contributed by atoms with Crippen molar-refractivity contribution in [2.45, 2.75) is 51.1 Å². The molecule has 0 saturated carbocycles. The average Bonchev–Trinajstić information content (AvgIpc) is 2.62. The van der Waals surface area contributed by atoms with Crippen LogP contribution in [0.15, 0.2) is 17.1 Å². The highest BCUT2D eigenvalue weighted by molar-refractivity contribution is 5.80. The van der Waals surface area contributed by atoms with Crippen molar-refractivity contribution in [1.29, 1.82) is 0 Å². The van der Waals surface area contributed by atoms with Crippen LogP contribution in [0.2, 0.25) is 0 Å². The van der Waals surface area contributed by atoms with Crippen molar-refractivity contribution >= 4 is 5.96 Å². The van der Waals surface area contributed by atoms with Crippen LogP contribution in [0.1, 0.15) is 39.5 Å². The van der Waals surface area contributed by atoms with Crippen LogP contribution in [0.5, 0.6) is 0 Å². The fourth-order valence-corrected chi connectivity index (χ4v) is 3.85. The van der Waals surface area contributed by atoms with E-state index in [1.165, 1.54) is 5.57 Å². The molecule has 0 aromatic heterocycles. The molecule has 2 aliphatic heterocycles. The van der Waals surface area contributed by atoms with Gasteiger partial charge in [0.1, 0.15) is 0 Å². The molecule has 0 radical (unpaired) electrons. The topological polar surface area (TPSA) is 52.1 Å². The van der Waals surface area contributed by atoms with Crippen molar-refractivity contribution in [2.24, 2.45) is 4.99 Å². The third kappa shape index (κ3) is 6.25. The van der Waals surface area contributed by atoms with Crippen LogP contribution in [0.4, 0.5) is 0 Å². The minimum absolute atomic E-state index is 0.117. The molecule has 0 bridgehead atoms. The Hall–Kier alpha value is -1.11. The molecule has 0 aromatic carbocycles. The number of hydrogen-bond acceptors (Lipinski definition) is 4. The maximum absolute atomic E-state index is 5.57. The first-order valence-electron chi connectivity index (χ1n) is 10.1. The van der Waals surface area contributed by atoms with E-state index < -0.39 is 0 Å². The lowest BCUT2D eigenvalue weighted by molar-refractivity contribution is -0.00256. The number of piperidine rings is 1. The van der Waals surface area contributed by atoms with E-state index in [4.69, 9.17) is 9.73 Å². The predicted octanol–water partition coefficient (Wildman–Crippen LogP) is 1.69. The smallest absolute Gasteiger partial charge is 0.191 e. The summed E-state index contributed by atoms with van der Waals surface area (Å²) in [5.41, 5.74) is 1.36. The van der Waals surface area contributed by atoms with Crippen LogP contribution in [0.3, 0.4) is 0 Å². The molecule has 0 unspecified atom stereocenters. The van der Waals surface area contributed by atoms with Gasteiger partial charge in [-0.3, -0.25) is 9.89 Å². The molecule has 0 spiro atoms. The zero-order valence-electron chi connectivity index (χ0n) is 17.3. The van der Waals surface area contributed by atoms with Crippen LogP contribution < -0.4 is 10.6 Å². The van der Waals surface area contributed by atoms with Gasteiger partial charge >= 0.3 is 0 Å². The highest BCUT2D eigenvalue weighted by atomic mass is 16.5. The van der Waals surface area contributed by atoms with Crippen molar-refractivity contribution in [3.8, 4) is 0 Å². The number of ether oxygens (including phenoxy) is 1. The average molecular weight is 366 g/mol. The summed E-state index contributed by atoms with van der Waals surface area (Å²) in [6.45, 7) is 14.9. The van der Waals surface area contributed by atoms with Crippen LogP contribution in [-0.2, 0) is 4.74 Å². The first kappa shape index (κ1) is 21.2. The summed E-state index contributed by atoms with van der Waals surface area (Å²) in [4.78, 5) is 9.79. The Labute approximate surface area is 160 Å². The second-order valence-corrected chi connectivity index (χ2v) is 8.08. The number of rotatable bonds is 7. The Balaban J connectivity index is 1.91. The van der Waals surface area contributed by atoms with E-state index in [1.807, 2.05) is 0 Å². The Morgan fingerprint density at radius 3 is 2.46 bits per heavy atom. The molecule has 0 amide bonds. The molecule has 150 valence electrons. The van der Waals surface area contributed by atoms with Crippen molar-refractivity contribution < 1.29 is 4.74 Å². The third-order valence-electron chi connectivity index (χ3n) is 5.67. The van der Waals surface area contributed by atoms with Crippen LogP contribution >= 0.6 is 0 Å². The van der Waals surface area contributed by atoms with Gasteiger partial charge in [-0.15, -0.1) is 0 Å². The first-order valence-corrected chi connectivity index (χ1v) is 10.1. The highest BCUT2D eigenvalue weighted by Crippen LogP contribution is 2.26. The molecule has 6 nitrogen and oxygen atoms in total. The van der Waals surface area contributed by atoms with Crippen LogP contribution in [0, 0.1) is 0 Å². The van der Waals surface area contributed by atoms with Gasteiger partial charge in [0.2, 0.25) is 0 Å². The molecule has 2 saturated heterocycles. The van der Waals surface area contributed by atoms with Gasteiger partial charge in [-0.05, 0) is 53.6 Å². The molecule has 2 N–H and O–H groups in total. The van der Waals surface area contributed by atoms with Gasteiger partial charge in [0.15, 0.2) is 5.96 Å². The van der Waals surface area contributed by atoms with Crippen molar-refractivity contribution in [1.82, 2.24) is 20.4 Å². The molecular weight excluding hydrogens is 326 g/mol. The van der Waals surface area contributed by atoms with E-state index in [2.05, 4.69) is 55.0 Å². The fourth-order valence-electron chi connectivity index (χ4n) is 3.85. The van der Waals surface area contributed by atoms with Crippen molar-refractivity contribution in [3.05, 3.63) is 12.2 Å². The summed E-state index contributed by atoms with van der Waals surface area (Å²) in [6, 6.07) is 0.499. The third-order valence-corrected chi connectivity index (χ3v) is 5.67. The summed E-state index contributed by atoms with van der Waals surface area (Å²) in [5.74, 6) is 0.957. The van der Waals surface area contributed by atoms with E-state index in [0.29, 0.717) is 6.04 Å². The van der Waals surface area contributed by atoms with Crippen LogP contribution in [-0.4, -0.2) is 87.4 Å². The zero-order chi connectivity index (χ0) is 19.0. The summed E-state index contributed by atoms with van der Waals surface area (Å²) < 4.78 is 5.57. The molecule has 0 aromatic rings. The van der Waals surface area contributed by atoms with Crippen LogP contribution in [0.25, 0.3) is 0 Å². The lowest BCUT2D eigenvalue weighted by atomic mass is 9.89. The lowest BCUT2D eigenvalue weighted by Gasteiger charge is -2.42. The van der Waals surface area contributed by atoms with E-state index in [9.17, 15) is 0 Å². The summed E-state index contributed by atoms with van der Waals surface area (Å²) >= 11 is 0. The number of hydrogen-bond donors (Lipinski definition) is 2. The van der Waals surface area contributed by atoms with E-state index in [0.717, 1.165) is 77.6 Å². The van der Waals surface area contributed by atoms with E-state index in [-0.39, 0.29) is 5.54 Å². The Bertz CT molecular complexity index is 463. The molecule has 26 heavy (non-hydrogen) atoms. The molecule has 0 atom stereocenters. The van der Waals surface area contributed by atoms with Gasteiger partial charge in [-0.25, -0.2) is 0 Å². The standard InChI is InChI=1S/C20H39N5O/c1-6-21-19(22-16-20(24(4)5)9-13-26-14-10-20)23-18-7-11-25(12-8-18)15-17(2)3/h18H,2,6-16H2,1,3-5H3,(H2,21,22,23). The second kappa shape index (κ2) is 10.3. The second-order valence-electron chi connectivity index (χ2n) is 8.08. The predicted molar refractivity (Wildman–Crippen MR) is 110 cm³/mol. The molecule has 6 heteroatoms. The largest absolute Gasteiger partial charge is 0.381 e. The number of aliphatic imine (C=N–C) groups is 1. The number of likely N-dealkylation sites (tertiary alicyclic amines) is 1. The van der Waals surface area contributed by atoms with Gasteiger partial charge in [0, 0.05) is 51.0 Å². The molecule has 2 fully saturated rings. The maximum Gasteiger partial charge on any atom is 0.191 e. The lowest BCUT2D eigenvalue weighted by Crippen LogP contribution is -2.53. The number of likely N-dealkylation sites (N-methyl/N-ethyl adjacent to an activating group) is 1. The van der Waals surface area contributed by atoms with Gasteiger partial charge in [0.25, 0.3) is 0 Å². The Morgan fingerprint density at radius 2 is 1.92 bits per heavy atom. The minimum Gasteiger partial charge on any atom is -0.381 e. The fraction of sp³-hybridized carbons (Fsp3) is 0.850. The summed E-state index contributed by atoms with van der Waals surface area (Å²) in [5, 5.41) is 7.10. The van der Waals surface area contributed by atoms with Gasteiger partial charge in [0.05, 0.1) is 6.54 Å². The zero-order valence-corrected chi connectivity index (χ0v) is 17.3. The number of guanidine groups is 1. The molecular formula is C20H39N5O. The normalized spacial score (nSPS) is 22.4. The molecule has 2 heterocycles. The minimum atomic E-state index is 0.117. The van der Waals surface area contributed by atoms with Crippen molar-refractivity contribution in [2.75, 3.05) is 60.0 Å². The summed E-state index contributed by atoms with van der Waals surface area (Å²) in [6.07, 6.45) is 4.40. The molecule has 0 aliphatic carbocycles.